The molecule has 1 aromatic heterocycles. The van der Waals surface area contributed by atoms with Crippen molar-refractivity contribution in [2.24, 2.45) is 7.05 Å². The van der Waals surface area contributed by atoms with Gasteiger partial charge in [0, 0.05) is 50.2 Å². The lowest BCUT2D eigenvalue weighted by atomic mass is 9.99. The minimum atomic E-state index is -4.44. The van der Waals surface area contributed by atoms with Crippen LogP contribution in [0.25, 0.3) is 10.9 Å². The summed E-state index contributed by atoms with van der Waals surface area (Å²) >= 11 is 0. The Hall–Kier alpha value is -4.15. The van der Waals surface area contributed by atoms with E-state index < -0.39 is 23.9 Å². The zero-order valence-corrected chi connectivity index (χ0v) is 24.8. The summed E-state index contributed by atoms with van der Waals surface area (Å²) in [4.78, 5) is 28.3. The molecule has 232 valence electrons. The zero-order valence-electron chi connectivity index (χ0n) is 24.8. The second-order valence-corrected chi connectivity index (χ2v) is 11.3. The molecule has 0 aliphatic carbocycles. The number of aliphatic hydroxyl groups excluding tert-OH is 1. The van der Waals surface area contributed by atoms with Crippen LogP contribution in [-0.4, -0.2) is 46.7 Å². The highest BCUT2D eigenvalue weighted by atomic mass is 19.4. The number of hydrogen-bond donors (Lipinski definition) is 3. The molecule has 0 radical (unpaired) electrons. The molecule has 3 aromatic carbocycles. The van der Waals surface area contributed by atoms with Gasteiger partial charge in [-0.2, -0.15) is 13.2 Å². The Morgan fingerprint density at radius 2 is 1.80 bits per heavy atom. The number of alkyl halides is 3. The minimum Gasteiger partial charge on any atom is -0.390 e. The van der Waals surface area contributed by atoms with Crippen LogP contribution in [0.5, 0.6) is 0 Å². The lowest BCUT2D eigenvalue weighted by molar-refractivity contribution is -0.137. The number of anilines is 1. The van der Waals surface area contributed by atoms with Crippen LogP contribution in [0.15, 0.2) is 72.9 Å². The second kappa shape index (κ2) is 13.2. The number of carbonyl (C=O) groups excluding carboxylic acids is 2. The number of fused-ring (bicyclic) bond motifs is 1. The fourth-order valence-corrected chi connectivity index (χ4v) is 5.89. The molecule has 5 rings (SSSR count). The lowest BCUT2D eigenvalue weighted by Crippen LogP contribution is -2.48. The van der Waals surface area contributed by atoms with Crippen LogP contribution in [0.1, 0.15) is 52.4 Å². The van der Waals surface area contributed by atoms with Gasteiger partial charge in [0.05, 0.1) is 28.9 Å². The van der Waals surface area contributed by atoms with Crippen molar-refractivity contribution in [2.75, 3.05) is 18.0 Å². The summed E-state index contributed by atoms with van der Waals surface area (Å²) in [5.74, 6) is -0.365. The number of nitrogens with one attached hydrogen (secondary N) is 2. The van der Waals surface area contributed by atoms with Crippen LogP contribution in [0.2, 0.25) is 0 Å². The highest BCUT2D eigenvalue weighted by Crippen LogP contribution is 2.35. The molecular formula is C34H37F3N4O3. The van der Waals surface area contributed by atoms with E-state index in [4.69, 9.17) is 0 Å². The van der Waals surface area contributed by atoms with Gasteiger partial charge in [0.25, 0.3) is 5.91 Å². The van der Waals surface area contributed by atoms with Crippen molar-refractivity contribution in [3.05, 3.63) is 101 Å². The van der Waals surface area contributed by atoms with Crippen molar-refractivity contribution < 1.29 is 27.9 Å². The quantitative estimate of drug-likeness (QED) is 0.214. The molecule has 0 saturated carbocycles. The summed E-state index contributed by atoms with van der Waals surface area (Å²) in [5.41, 5.74) is 3.64. The maximum atomic E-state index is 13.8. The topological polar surface area (TPSA) is 86.6 Å². The summed E-state index contributed by atoms with van der Waals surface area (Å²) < 4.78 is 41.4. The Morgan fingerprint density at radius 3 is 2.48 bits per heavy atom. The van der Waals surface area contributed by atoms with Crippen LogP contribution in [-0.2, 0) is 37.4 Å². The first-order chi connectivity index (χ1) is 21.0. The Morgan fingerprint density at radius 1 is 1.05 bits per heavy atom. The number of aliphatic hydroxyl groups is 1. The van der Waals surface area contributed by atoms with Crippen LogP contribution >= 0.6 is 0 Å². The number of rotatable bonds is 11. The molecule has 2 heterocycles. The molecule has 2 atom stereocenters. The van der Waals surface area contributed by atoms with E-state index in [0.717, 1.165) is 47.0 Å². The number of benzene rings is 3. The number of carbonyl (C=O) groups is 2. The molecule has 7 nitrogen and oxygen atoms in total. The predicted octanol–water partition coefficient (Wildman–Crippen LogP) is 5.38. The van der Waals surface area contributed by atoms with Crippen molar-refractivity contribution >= 4 is 28.4 Å². The second-order valence-electron chi connectivity index (χ2n) is 11.3. The summed E-state index contributed by atoms with van der Waals surface area (Å²) in [7, 11) is 1.93. The minimum absolute atomic E-state index is 0.0207. The molecule has 0 unspecified atom stereocenters. The zero-order chi connectivity index (χ0) is 31.4. The van der Waals surface area contributed by atoms with Gasteiger partial charge >= 0.3 is 6.18 Å². The lowest BCUT2D eigenvalue weighted by Gasteiger charge is -2.26. The highest BCUT2D eigenvalue weighted by Gasteiger charge is 2.31. The van der Waals surface area contributed by atoms with Gasteiger partial charge in [0.1, 0.15) is 0 Å². The largest absolute Gasteiger partial charge is 0.416 e. The van der Waals surface area contributed by atoms with E-state index in [1.54, 1.807) is 17.0 Å². The molecule has 0 spiro atoms. The SMILES string of the molecule is CCc1cn(C)c2c(N3CCCC3=O)cc(C(=O)N[C@@H](Cc3ccccc3)[C@@H](O)CNCc3cccc(C(F)(F)F)c3)cc12. The predicted molar refractivity (Wildman–Crippen MR) is 164 cm³/mol. The molecule has 4 aromatic rings. The first-order valence-electron chi connectivity index (χ1n) is 14.9. The smallest absolute Gasteiger partial charge is 0.390 e. The fourth-order valence-electron chi connectivity index (χ4n) is 5.89. The number of hydrogen-bond acceptors (Lipinski definition) is 4. The van der Waals surface area contributed by atoms with E-state index in [0.29, 0.717) is 36.2 Å². The van der Waals surface area contributed by atoms with Gasteiger partial charge in [-0.25, -0.2) is 0 Å². The third kappa shape index (κ3) is 6.97. The molecule has 2 amide bonds. The molecule has 10 heteroatoms. The summed E-state index contributed by atoms with van der Waals surface area (Å²) in [6.45, 7) is 2.78. The van der Waals surface area contributed by atoms with Crippen molar-refractivity contribution in [1.82, 2.24) is 15.2 Å². The van der Waals surface area contributed by atoms with Crippen LogP contribution < -0.4 is 15.5 Å². The normalized spacial score (nSPS) is 15.1. The standard InChI is InChI=1S/C34H37F3N4O3/c1-3-24-21-40(2)32-27(24)17-25(18-29(32)41-14-8-13-31(41)43)33(44)39-28(16-22-9-5-4-6-10-22)30(42)20-38-19-23-11-7-12-26(15-23)34(35,36)37/h4-7,9-12,15,17-18,21,28,30,38,42H,3,8,13-14,16,19-20H2,1-2H3,(H,39,44)/t28-,30-/m0/s1. The van der Waals surface area contributed by atoms with Crippen molar-refractivity contribution in [1.29, 1.82) is 0 Å². The molecule has 3 N–H and O–H groups in total. The average Bonchev–Trinajstić information content (AvgIpc) is 3.58. The van der Waals surface area contributed by atoms with Gasteiger partial charge in [0.2, 0.25) is 5.91 Å². The molecule has 1 aliphatic heterocycles. The Kier molecular flexibility index (Phi) is 9.41. The van der Waals surface area contributed by atoms with Gasteiger partial charge in [0.15, 0.2) is 0 Å². The maximum absolute atomic E-state index is 13.8. The third-order valence-electron chi connectivity index (χ3n) is 8.16. The van der Waals surface area contributed by atoms with E-state index in [9.17, 15) is 27.9 Å². The first kappa shape index (κ1) is 31.3. The van der Waals surface area contributed by atoms with E-state index in [1.165, 1.54) is 6.07 Å². The summed E-state index contributed by atoms with van der Waals surface area (Å²) in [5, 5.41) is 18.2. The molecule has 1 saturated heterocycles. The maximum Gasteiger partial charge on any atom is 0.416 e. The number of amides is 2. The molecule has 44 heavy (non-hydrogen) atoms. The summed E-state index contributed by atoms with van der Waals surface area (Å²) in [6, 6.07) is 17.4. The Balaban J connectivity index is 1.38. The Labute approximate surface area is 254 Å². The number of aryl methyl sites for hydroxylation is 2. The molecular weight excluding hydrogens is 569 g/mol. The van der Waals surface area contributed by atoms with Gasteiger partial charge in [-0.15, -0.1) is 0 Å². The van der Waals surface area contributed by atoms with Crippen molar-refractivity contribution in [3.8, 4) is 0 Å². The van der Waals surface area contributed by atoms with E-state index >= 15 is 0 Å². The summed E-state index contributed by atoms with van der Waals surface area (Å²) in [6.07, 6.45) is -1.16. The molecule has 0 bridgehead atoms. The Bertz CT molecular complexity index is 1630. The van der Waals surface area contributed by atoms with Gasteiger partial charge in [-0.3, -0.25) is 9.59 Å². The molecule has 1 fully saturated rings. The fraction of sp³-hybridized carbons (Fsp3) is 0.353. The van der Waals surface area contributed by atoms with Crippen LogP contribution in [0, 0.1) is 0 Å². The highest BCUT2D eigenvalue weighted by molar-refractivity contribution is 6.08. The van der Waals surface area contributed by atoms with Gasteiger partial charge in [-0.05, 0) is 54.2 Å². The van der Waals surface area contributed by atoms with E-state index in [2.05, 4.69) is 10.6 Å². The van der Waals surface area contributed by atoms with Gasteiger partial charge < -0.3 is 25.2 Å². The van der Waals surface area contributed by atoms with Crippen molar-refractivity contribution in [3.63, 3.8) is 0 Å². The average molecular weight is 607 g/mol. The number of aromatic nitrogens is 1. The van der Waals surface area contributed by atoms with Crippen LogP contribution in [0.3, 0.4) is 0 Å². The van der Waals surface area contributed by atoms with Crippen LogP contribution in [0.4, 0.5) is 18.9 Å². The number of nitrogens with zero attached hydrogens (tertiary/aromatic N) is 2. The third-order valence-corrected chi connectivity index (χ3v) is 8.16. The van der Waals surface area contributed by atoms with Gasteiger partial charge in [-0.1, -0.05) is 55.5 Å². The van der Waals surface area contributed by atoms with Crippen molar-refractivity contribution in [2.45, 2.75) is 57.5 Å². The van der Waals surface area contributed by atoms with E-state index in [1.807, 2.05) is 61.1 Å². The van der Waals surface area contributed by atoms with E-state index in [-0.39, 0.29) is 24.9 Å². The molecule has 1 aliphatic rings. The monoisotopic (exact) mass is 606 g/mol. The number of halogens is 3. The first-order valence-corrected chi connectivity index (χ1v) is 14.9.